The van der Waals surface area contributed by atoms with E-state index in [4.69, 9.17) is 9.84 Å². The second-order valence-electron chi connectivity index (χ2n) is 4.38. The Labute approximate surface area is 130 Å². The molecular weight excluding hydrogens is 402 g/mol. The first-order valence-corrected chi connectivity index (χ1v) is 7.10. The van der Waals surface area contributed by atoms with E-state index < -0.39 is 47.2 Å². The van der Waals surface area contributed by atoms with Crippen LogP contribution in [0.15, 0.2) is 19.9 Å². The molecule has 0 bridgehead atoms. The van der Waals surface area contributed by atoms with Gasteiger partial charge in [0.15, 0.2) is 6.23 Å². The molecule has 8 nitrogen and oxygen atoms in total. The Morgan fingerprint density at radius 1 is 1.38 bits per heavy atom. The SMILES string of the molecule is O=c1c(C=CI)cn([C@@H]2O[C@H](CO)[C@@H](O)[C@H]2O)c(=O)n1F. The van der Waals surface area contributed by atoms with Crippen molar-refractivity contribution in [1.29, 1.82) is 0 Å². The van der Waals surface area contributed by atoms with Gasteiger partial charge in [-0.25, -0.2) is 4.79 Å². The van der Waals surface area contributed by atoms with E-state index in [-0.39, 0.29) is 5.56 Å². The highest BCUT2D eigenvalue weighted by atomic mass is 127. The van der Waals surface area contributed by atoms with Gasteiger partial charge in [-0.1, -0.05) is 31.9 Å². The lowest BCUT2D eigenvalue weighted by Gasteiger charge is -2.17. The molecule has 0 aromatic carbocycles. The van der Waals surface area contributed by atoms with Crippen molar-refractivity contribution in [3.05, 3.63) is 36.7 Å². The van der Waals surface area contributed by atoms with Crippen LogP contribution >= 0.6 is 22.6 Å². The third-order valence-electron chi connectivity index (χ3n) is 3.13. The Hall–Kier alpha value is -1.08. The zero-order chi connectivity index (χ0) is 15.7. The van der Waals surface area contributed by atoms with Crippen LogP contribution in [0.1, 0.15) is 11.8 Å². The number of aliphatic hydroxyl groups is 3. The third-order valence-corrected chi connectivity index (χ3v) is 3.49. The van der Waals surface area contributed by atoms with Gasteiger partial charge in [-0.05, 0) is 10.2 Å². The highest BCUT2D eigenvalue weighted by molar-refractivity contribution is 14.1. The van der Waals surface area contributed by atoms with Gasteiger partial charge in [-0.2, -0.15) is 0 Å². The number of ether oxygens (including phenoxy) is 1. The molecule has 1 saturated heterocycles. The molecule has 0 radical (unpaired) electrons. The predicted octanol–water partition coefficient (Wildman–Crippen LogP) is -1.24. The van der Waals surface area contributed by atoms with E-state index in [2.05, 4.69) is 0 Å². The fourth-order valence-electron chi connectivity index (χ4n) is 2.04. The lowest BCUT2D eigenvalue weighted by molar-refractivity contribution is -0.0565. The second-order valence-corrected chi connectivity index (χ2v) is 5.10. The minimum atomic E-state index is -1.55. The van der Waals surface area contributed by atoms with E-state index in [1.807, 2.05) is 22.6 Å². The van der Waals surface area contributed by atoms with Gasteiger partial charge < -0.3 is 20.1 Å². The van der Waals surface area contributed by atoms with Crippen LogP contribution in [-0.2, 0) is 4.74 Å². The first-order chi connectivity index (χ1) is 9.92. The van der Waals surface area contributed by atoms with Crippen molar-refractivity contribution in [2.45, 2.75) is 24.5 Å². The zero-order valence-electron chi connectivity index (χ0n) is 10.5. The molecule has 21 heavy (non-hydrogen) atoms. The van der Waals surface area contributed by atoms with Crippen molar-refractivity contribution in [2.75, 3.05) is 6.61 Å². The molecule has 0 spiro atoms. The lowest BCUT2D eigenvalue weighted by atomic mass is 10.1. The lowest BCUT2D eigenvalue weighted by Crippen LogP contribution is -2.41. The van der Waals surface area contributed by atoms with Gasteiger partial charge in [0.25, 0.3) is 5.56 Å². The second kappa shape index (κ2) is 6.36. The maximum absolute atomic E-state index is 13.6. The molecule has 2 heterocycles. The van der Waals surface area contributed by atoms with Crippen molar-refractivity contribution in [3.63, 3.8) is 0 Å². The Kier molecular flexibility index (Phi) is 4.93. The van der Waals surface area contributed by atoms with Crippen LogP contribution in [0.2, 0.25) is 0 Å². The minimum Gasteiger partial charge on any atom is -0.394 e. The van der Waals surface area contributed by atoms with Crippen LogP contribution in [-0.4, -0.2) is 49.6 Å². The molecule has 1 fully saturated rings. The molecule has 4 atom stereocenters. The van der Waals surface area contributed by atoms with Crippen molar-refractivity contribution in [2.24, 2.45) is 0 Å². The highest BCUT2D eigenvalue weighted by Gasteiger charge is 2.44. The largest absolute Gasteiger partial charge is 0.394 e. The predicted molar refractivity (Wildman–Crippen MR) is 77.5 cm³/mol. The maximum Gasteiger partial charge on any atom is 0.362 e. The number of nitrogens with zero attached hydrogens (tertiary/aromatic N) is 2. The molecule has 0 saturated carbocycles. The molecule has 1 aliphatic heterocycles. The van der Waals surface area contributed by atoms with Crippen molar-refractivity contribution < 1.29 is 24.5 Å². The van der Waals surface area contributed by atoms with Gasteiger partial charge >= 0.3 is 5.69 Å². The molecule has 0 unspecified atom stereocenters. The van der Waals surface area contributed by atoms with Crippen molar-refractivity contribution >= 4 is 28.7 Å². The molecule has 0 aliphatic carbocycles. The average molecular weight is 414 g/mol. The smallest absolute Gasteiger partial charge is 0.362 e. The van der Waals surface area contributed by atoms with E-state index in [0.29, 0.717) is 4.57 Å². The van der Waals surface area contributed by atoms with Crippen LogP contribution in [0.3, 0.4) is 0 Å². The molecular formula is C11H12FIN2O6. The molecule has 1 aliphatic rings. The van der Waals surface area contributed by atoms with Gasteiger partial charge in [0.2, 0.25) is 0 Å². The van der Waals surface area contributed by atoms with E-state index in [1.165, 1.54) is 10.2 Å². The Morgan fingerprint density at radius 2 is 2.05 bits per heavy atom. The van der Waals surface area contributed by atoms with Gasteiger partial charge in [-0.15, -0.1) is 0 Å². The first kappa shape index (κ1) is 16.3. The summed E-state index contributed by atoms with van der Waals surface area (Å²) in [5, 5.41) is 28.5. The number of aromatic nitrogens is 2. The van der Waals surface area contributed by atoms with Gasteiger partial charge in [0.1, 0.15) is 18.3 Å². The summed E-state index contributed by atoms with van der Waals surface area (Å²) in [7, 11) is 0. The molecule has 2 rings (SSSR count). The summed E-state index contributed by atoms with van der Waals surface area (Å²) in [5.74, 6) is 0. The van der Waals surface area contributed by atoms with Crippen LogP contribution in [0.5, 0.6) is 0 Å². The number of halogens is 2. The van der Waals surface area contributed by atoms with Gasteiger partial charge in [0, 0.05) is 6.20 Å². The van der Waals surface area contributed by atoms with Crippen LogP contribution in [0, 0.1) is 0 Å². The van der Waals surface area contributed by atoms with E-state index >= 15 is 0 Å². The fourth-order valence-corrected chi connectivity index (χ4v) is 2.42. The van der Waals surface area contributed by atoms with Gasteiger partial charge in [-0.3, -0.25) is 9.36 Å². The monoisotopic (exact) mass is 414 g/mol. The highest BCUT2D eigenvalue weighted by Crippen LogP contribution is 2.28. The van der Waals surface area contributed by atoms with Crippen LogP contribution in [0.4, 0.5) is 4.48 Å². The first-order valence-electron chi connectivity index (χ1n) is 5.86. The van der Waals surface area contributed by atoms with E-state index in [9.17, 15) is 24.3 Å². The van der Waals surface area contributed by atoms with Gasteiger partial charge in [0.05, 0.1) is 12.2 Å². The number of rotatable bonds is 3. The Balaban J connectivity index is 2.55. The van der Waals surface area contributed by atoms with E-state index in [0.717, 1.165) is 6.20 Å². The number of aliphatic hydroxyl groups excluding tert-OH is 3. The Morgan fingerprint density at radius 3 is 2.57 bits per heavy atom. The quantitative estimate of drug-likeness (QED) is 0.534. The molecule has 3 N–H and O–H groups in total. The van der Waals surface area contributed by atoms with Crippen molar-refractivity contribution in [3.8, 4) is 0 Å². The molecule has 116 valence electrons. The summed E-state index contributed by atoms with van der Waals surface area (Å²) in [5.41, 5.74) is -2.62. The summed E-state index contributed by atoms with van der Waals surface area (Å²) in [6.45, 7) is -0.584. The molecule has 10 heteroatoms. The molecule has 1 aromatic heterocycles. The fraction of sp³-hybridized carbons (Fsp3) is 0.455. The molecule has 1 aromatic rings. The van der Waals surface area contributed by atoms with E-state index in [1.54, 1.807) is 0 Å². The molecule has 0 amide bonds. The maximum atomic E-state index is 13.6. The zero-order valence-corrected chi connectivity index (χ0v) is 12.6. The number of hydrogen-bond donors (Lipinski definition) is 3. The normalized spacial score (nSPS) is 29.4. The minimum absolute atomic E-state index is 0.135. The Bertz CT molecular complexity index is 672. The number of hydrogen-bond acceptors (Lipinski definition) is 6. The summed E-state index contributed by atoms with van der Waals surface area (Å²) in [6, 6.07) is 0. The van der Waals surface area contributed by atoms with Crippen molar-refractivity contribution in [1.82, 2.24) is 9.36 Å². The summed E-state index contributed by atoms with van der Waals surface area (Å²) in [6.07, 6.45) is -3.20. The standard InChI is InChI=1S/C11H12FIN2O6/c12-15-9(19)5(1-2-13)3-14(11(15)20)10-8(18)7(17)6(4-16)21-10/h1-3,6-8,10,16-18H,4H2/t6-,7-,8-,10-/m1/s1. The summed E-state index contributed by atoms with van der Waals surface area (Å²) >= 11 is 1.81. The third kappa shape index (κ3) is 2.81. The average Bonchev–Trinajstić information content (AvgIpc) is 2.76. The summed E-state index contributed by atoms with van der Waals surface area (Å²) < 4.78 is 20.9. The summed E-state index contributed by atoms with van der Waals surface area (Å²) in [4.78, 5) is 22.7. The van der Waals surface area contributed by atoms with Crippen LogP contribution in [0.25, 0.3) is 6.08 Å². The topological polar surface area (TPSA) is 114 Å². The van der Waals surface area contributed by atoms with Crippen LogP contribution < -0.4 is 11.2 Å².